The Morgan fingerprint density at radius 1 is 1.00 bits per heavy atom. The van der Waals surface area contributed by atoms with Crippen LogP contribution in [0.5, 0.6) is 5.75 Å². The summed E-state index contributed by atoms with van der Waals surface area (Å²) in [5, 5.41) is 0. The molecule has 24 heavy (non-hydrogen) atoms. The van der Waals surface area contributed by atoms with Crippen LogP contribution >= 0.6 is 0 Å². The first-order valence-electron chi connectivity index (χ1n) is 8.93. The Morgan fingerprint density at radius 2 is 1.79 bits per heavy atom. The highest BCUT2D eigenvalue weighted by Gasteiger charge is 2.13. The van der Waals surface area contributed by atoms with E-state index in [0.29, 0.717) is 0 Å². The van der Waals surface area contributed by atoms with E-state index >= 15 is 0 Å². The topological polar surface area (TPSA) is 20.6 Å². The lowest BCUT2D eigenvalue weighted by Gasteiger charge is -2.32. The lowest BCUT2D eigenvalue weighted by atomic mass is 10.2. The van der Waals surface area contributed by atoms with Crippen LogP contribution in [0, 0.1) is 0 Å². The van der Waals surface area contributed by atoms with Crippen LogP contribution in [0.2, 0.25) is 0 Å². The van der Waals surface area contributed by atoms with Gasteiger partial charge in [0.05, 0.1) is 13.7 Å². The number of aryl methyl sites for hydroxylation is 1. The minimum absolute atomic E-state index is 0.876. The number of para-hydroxylation sites is 1. The van der Waals surface area contributed by atoms with Gasteiger partial charge < -0.3 is 19.1 Å². The van der Waals surface area contributed by atoms with E-state index < -0.39 is 0 Å². The quantitative estimate of drug-likeness (QED) is 0.780. The second kappa shape index (κ2) is 8.36. The molecule has 0 bridgehead atoms. The van der Waals surface area contributed by atoms with Gasteiger partial charge in [0, 0.05) is 43.6 Å². The summed E-state index contributed by atoms with van der Waals surface area (Å²) in [5.74, 6) is 0.967. The highest BCUT2D eigenvalue weighted by Crippen LogP contribution is 2.20. The predicted octanol–water partition coefficient (Wildman–Crippen LogP) is 2.73. The van der Waals surface area contributed by atoms with Crippen LogP contribution in [0.3, 0.4) is 0 Å². The van der Waals surface area contributed by atoms with E-state index in [2.05, 4.69) is 51.9 Å². The second-order valence-electron chi connectivity index (χ2n) is 6.69. The van der Waals surface area contributed by atoms with Crippen LogP contribution in [-0.2, 0) is 13.0 Å². The number of methoxy groups -OCH3 is 1. The first-order chi connectivity index (χ1) is 11.8. The van der Waals surface area contributed by atoms with Crippen molar-refractivity contribution in [1.82, 2.24) is 14.4 Å². The summed E-state index contributed by atoms with van der Waals surface area (Å²) in [6, 6.07) is 12.7. The molecule has 0 aliphatic carbocycles. The van der Waals surface area contributed by atoms with Crippen molar-refractivity contribution in [2.45, 2.75) is 19.4 Å². The van der Waals surface area contributed by atoms with Gasteiger partial charge in [0.2, 0.25) is 0 Å². The maximum absolute atomic E-state index is 5.48. The summed E-state index contributed by atoms with van der Waals surface area (Å²) in [4.78, 5) is 5.00. The molecule has 1 aliphatic rings. The molecule has 2 heterocycles. The summed E-state index contributed by atoms with van der Waals surface area (Å²) >= 11 is 0. The Balaban J connectivity index is 1.53. The minimum atomic E-state index is 0.876. The van der Waals surface area contributed by atoms with Gasteiger partial charge in [0.1, 0.15) is 5.75 Å². The number of rotatable bonds is 7. The monoisotopic (exact) mass is 327 g/mol. The molecule has 1 saturated heterocycles. The lowest BCUT2D eigenvalue weighted by Crippen LogP contribution is -2.44. The summed E-state index contributed by atoms with van der Waals surface area (Å²) in [5.41, 5.74) is 2.64. The van der Waals surface area contributed by atoms with Crippen LogP contribution in [0.25, 0.3) is 0 Å². The standard InChI is InChI=1S/C20H29N3O/c1-21-13-15-22(16-14-21)11-5-8-19-9-6-12-23(19)17-18-7-3-4-10-20(18)24-2/h3-4,6-7,9-10,12H,5,8,11,13-17H2,1-2H3. The Labute approximate surface area is 145 Å². The number of likely N-dealkylation sites (N-methyl/N-ethyl adjacent to an activating group) is 1. The number of hydrogen-bond donors (Lipinski definition) is 0. The number of benzene rings is 1. The van der Waals surface area contributed by atoms with Crippen LogP contribution in [0.1, 0.15) is 17.7 Å². The smallest absolute Gasteiger partial charge is 0.123 e. The van der Waals surface area contributed by atoms with Gasteiger partial charge in [-0.05, 0) is 44.6 Å². The van der Waals surface area contributed by atoms with Gasteiger partial charge >= 0.3 is 0 Å². The summed E-state index contributed by atoms with van der Waals surface area (Å²) < 4.78 is 7.83. The zero-order chi connectivity index (χ0) is 16.8. The van der Waals surface area contributed by atoms with E-state index in [1.54, 1.807) is 7.11 Å². The molecule has 4 nitrogen and oxygen atoms in total. The largest absolute Gasteiger partial charge is 0.496 e. The highest BCUT2D eigenvalue weighted by atomic mass is 16.5. The van der Waals surface area contributed by atoms with Crippen molar-refractivity contribution in [3.8, 4) is 5.75 Å². The molecule has 4 heteroatoms. The minimum Gasteiger partial charge on any atom is -0.496 e. The van der Waals surface area contributed by atoms with Crippen LogP contribution in [0.15, 0.2) is 42.6 Å². The fourth-order valence-corrected chi connectivity index (χ4v) is 3.40. The van der Waals surface area contributed by atoms with E-state index in [0.717, 1.165) is 18.7 Å². The van der Waals surface area contributed by atoms with Gasteiger partial charge in [-0.3, -0.25) is 0 Å². The third-order valence-corrected chi connectivity index (χ3v) is 4.96. The molecular weight excluding hydrogens is 298 g/mol. The third-order valence-electron chi connectivity index (χ3n) is 4.96. The molecule has 0 N–H and O–H groups in total. The summed E-state index contributed by atoms with van der Waals surface area (Å²) in [6.45, 7) is 6.89. The first-order valence-corrected chi connectivity index (χ1v) is 8.93. The molecule has 3 rings (SSSR count). The van der Waals surface area contributed by atoms with Gasteiger partial charge in [-0.2, -0.15) is 0 Å². The molecule has 2 aromatic rings. The van der Waals surface area contributed by atoms with Crippen LogP contribution < -0.4 is 4.74 Å². The molecular formula is C20H29N3O. The first kappa shape index (κ1) is 17.1. The Kier molecular flexibility index (Phi) is 5.94. The van der Waals surface area contributed by atoms with E-state index in [1.165, 1.54) is 50.4 Å². The van der Waals surface area contributed by atoms with E-state index in [1.807, 2.05) is 12.1 Å². The normalized spacial score (nSPS) is 16.4. The fraction of sp³-hybridized carbons (Fsp3) is 0.500. The zero-order valence-corrected chi connectivity index (χ0v) is 14.9. The molecule has 0 saturated carbocycles. The van der Waals surface area contributed by atoms with E-state index in [4.69, 9.17) is 4.74 Å². The number of ether oxygens (including phenoxy) is 1. The maximum atomic E-state index is 5.48. The number of hydrogen-bond acceptors (Lipinski definition) is 3. The summed E-state index contributed by atoms with van der Waals surface area (Å²) in [7, 11) is 3.95. The van der Waals surface area contributed by atoms with Crippen molar-refractivity contribution in [3.63, 3.8) is 0 Å². The van der Waals surface area contributed by atoms with Crippen molar-refractivity contribution in [3.05, 3.63) is 53.9 Å². The van der Waals surface area contributed by atoms with Crippen LogP contribution in [-0.4, -0.2) is 61.2 Å². The Bertz CT molecular complexity index is 629. The van der Waals surface area contributed by atoms with Gasteiger partial charge in [-0.25, -0.2) is 0 Å². The van der Waals surface area contributed by atoms with Gasteiger partial charge in [-0.1, -0.05) is 18.2 Å². The van der Waals surface area contributed by atoms with Gasteiger partial charge in [0.25, 0.3) is 0 Å². The molecule has 1 aliphatic heterocycles. The predicted molar refractivity (Wildman–Crippen MR) is 98.8 cm³/mol. The molecule has 1 aromatic heterocycles. The molecule has 0 amide bonds. The molecule has 0 radical (unpaired) electrons. The van der Waals surface area contributed by atoms with Gasteiger partial charge in [0.15, 0.2) is 0 Å². The van der Waals surface area contributed by atoms with E-state index in [9.17, 15) is 0 Å². The van der Waals surface area contributed by atoms with Crippen molar-refractivity contribution in [2.24, 2.45) is 0 Å². The lowest BCUT2D eigenvalue weighted by molar-refractivity contribution is 0.153. The Hall–Kier alpha value is -1.78. The maximum Gasteiger partial charge on any atom is 0.123 e. The molecule has 0 spiro atoms. The van der Waals surface area contributed by atoms with Crippen molar-refractivity contribution in [1.29, 1.82) is 0 Å². The highest BCUT2D eigenvalue weighted by molar-refractivity contribution is 5.33. The molecule has 130 valence electrons. The Morgan fingerprint density at radius 3 is 2.58 bits per heavy atom. The average molecular weight is 327 g/mol. The SMILES string of the molecule is COc1ccccc1Cn1cccc1CCCN1CCN(C)CC1. The number of piperazine rings is 1. The molecule has 0 unspecified atom stereocenters. The fourth-order valence-electron chi connectivity index (χ4n) is 3.40. The van der Waals surface area contributed by atoms with E-state index in [-0.39, 0.29) is 0 Å². The summed E-state index contributed by atoms with van der Waals surface area (Å²) in [6.07, 6.45) is 4.53. The van der Waals surface area contributed by atoms with Crippen molar-refractivity contribution >= 4 is 0 Å². The zero-order valence-electron chi connectivity index (χ0n) is 14.9. The average Bonchev–Trinajstić information content (AvgIpc) is 3.04. The van der Waals surface area contributed by atoms with Crippen molar-refractivity contribution in [2.75, 3.05) is 46.9 Å². The number of aromatic nitrogens is 1. The third kappa shape index (κ3) is 4.40. The molecule has 0 atom stereocenters. The van der Waals surface area contributed by atoms with Gasteiger partial charge in [-0.15, -0.1) is 0 Å². The molecule has 1 aromatic carbocycles. The second-order valence-corrected chi connectivity index (χ2v) is 6.69. The number of nitrogens with zero attached hydrogens (tertiary/aromatic N) is 3. The molecule has 1 fully saturated rings. The van der Waals surface area contributed by atoms with Crippen molar-refractivity contribution < 1.29 is 4.74 Å². The van der Waals surface area contributed by atoms with Crippen LogP contribution in [0.4, 0.5) is 0 Å².